The molecule has 0 radical (unpaired) electrons. The maximum atomic E-state index is 12.0. The van der Waals surface area contributed by atoms with E-state index in [1.165, 1.54) is 32.1 Å². The van der Waals surface area contributed by atoms with Crippen LogP contribution in [0.25, 0.3) is 0 Å². The van der Waals surface area contributed by atoms with Gasteiger partial charge in [0.1, 0.15) is 0 Å². The molecule has 0 saturated heterocycles. The van der Waals surface area contributed by atoms with E-state index >= 15 is 0 Å². The second kappa shape index (κ2) is 7.62. The molecule has 114 valence electrons. The van der Waals surface area contributed by atoms with Gasteiger partial charge in [-0.25, -0.2) is 0 Å². The lowest BCUT2D eigenvalue weighted by atomic mass is 9.82. The number of nitrogens with two attached hydrogens (primary N) is 1. The normalized spacial score (nSPS) is 21.4. The van der Waals surface area contributed by atoms with E-state index in [1.807, 2.05) is 0 Å². The van der Waals surface area contributed by atoms with Gasteiger partial charge < -0.3 is 16.4 Å². The van der Waals surface area contributed by atoms with Gasteiger partial charge in [-0.15, -0.1) is 0 Å². The van der Waals surface area contributed by atoms with Crippen molar-refractivity contribution in [2.75, 3.05) is 13.1 Å². The summed E-state index contributed by atoms with van der Waals surface area (Å²) in [4.78, 5) is 23.2. The molecule has 4 N–H and O–H groups in total. The van der Waals surface area contributed by atoms with Crippen molar-refractivity contribution in [1.82, 2.24) is 10.6 Å². The molecule has 2 aliphatic rings. The van der Waals surface area contributed by atoms with E-state index in [0.717, 1.165) is 25.3 Å². The van der Waals surface area contributed by atoms with Gasteiger partial charge in [0, 0.05) is 12.5 Å². The summed E-state index contributed by atoms with van der Waals surface area (Å²) in [5.41, 5.74) is 5.32. The third-order valence-corrected chi connectivity index (χ3v) is 4.40. The molecule has 0 aromatic carbocycles. The molecule has 0 aliphatic heterocycles. The molecule has 0 bridgehead atoms. The van der Waals surface area contributed by atoms with Crippen LogP contribution in [0.2, 0.25) is 0 Å². The summed E-state index contributed by atoms with van der Waals surface area (Å²) in [7, 11) is 0. The van der Waals surface area contributed by atoms with Crippen LogP contribution in [0.15, 0.2) is 0 Å². The van der Waals surface area contributed by atoms with Gasteiger partial charge in [0.15, 0.2) is 0 Å². The molecule has 2 saturated carbocycles. The summed E-state index contributed by atoms with van der Waals surface area (Å²) in [6, 6.07) is -0.0805. The van der Waals surface area contributed by atoms with E-state index in [-0.39, 0.29) is 24.3 Å². The zero-order chi connectivity index (χ0) is 14.4. The number of rotatable bonds is 8. The minimum atomic E-state index is -0.327. The monoisotopic (exact) mass is 281 g/mol. The molecule has 0 aromatic heterocycles. The van der Waals surface area contributed by atoms with Crippen LogP contribution in [0, 0.1) is 11.8 Å². The number of hydrogen-bond acceptors (Lipinski definition) is 3. The van der Waals surface area contributed by atoms with Crippen molar-refractivity contribution in [3.63, 3.8) is 0 Å². The van der Waals surface area contributed by atoms with Crippen LogP contribution in [-0.2, 0) is 9.59 Å². The molecule has 2 amide bonds. The van der Waals surface area contributed by atoms with Crippen molar-refractivity contribution in [2.45, 2.75) is 57.4 Å². The second-order valence-corrected chi connectivity index (χ2v) is 6.32. The van der Waals surface area contributed by atoms with Crippen LogP contribution in [0.5, 0.6) is 0 Å². The van der Waals surface area contributed by atoms with E-state index < -0.39 is 0 Å². The fourth-order valence-electron chi connectivity index (χ4n) is 3.06. The molecule has 0 heterocycles. The summed E-state index contributed by atoms with van der Waals surface area (Å²) in [5, 5.41) is 6.19. The van der Waals surface area contributed by atoms with Crippen LogP contribution in [0.4, 0.5) is 0 Å². The van der Waals surface area contributed by atoms with Crippen molar-refractivity contribution in [1.29, 1.82) is 0 Å². The Morgan fingerprint density at radius 1 is 1.10 bits per heavy atom. The Morgan fingerprint density at radius 3 is 2.40 bits per heavy atom. The van der Waals surface area contributed by atoms with Crippen molar-refractivity contribution in [3.8, 4) is 0 Å². The van der Waals surface area contributed by atoms with Crippen molar-refractivity contribution >= 4 is 11.8 Å². The van der Waals surface area contributed by atoms with Crippen molar-refractivity contribution in [3.05, 3.63) is 0 Å². The molecule has 20 heavy (non-hydrogen) atoms. The van der Waals surface area contributed by atoms with E-state index in [9.17, 15) is 9.59 Å². The molecule has 5 heteroatoms. The molecule has 1 unspecified atom stereocenters. The van der Waals surface area contributed by atoms with Gasteiger partial charge in [0.05, 0.1) is 6.54 Å². The van der Waals surface area contributed by atoms with Gasteiger partial charge in [-0.1, -0.05) is 19.3 Å². The SMILES string of the molecule is NC(=O)CC(NC(=O)CNCC1CC1)C1CCCCC1. The van der Waals surface area contributed by atoms with Crippen LogP contribution in [-0.4, -0.2) is 30.9 Å². The zero-order valence-electron chi connectivity index (χ0n) is 12.2. The van der Waals surface area contributed by atoms with Crippen LogP contribution >= 0.6 is 0 Å². The Kier molecular flexibility index (Phi) is 5.83. The maximum Gasteiger partial charge on any atom is 0.234 e. The molecule has 1 atom stereocenters. The van der Waals surface area contributed by atoms with Crippen LogP contribution < -0.4 is 16.4 Å². The van der Waals surface area contributed by atoms with E-state index in [2.05, 4.69) is 10.6 Å². The van der Waals surface area contributed by atoms with Crippen molar-refractivity contribution < 1.29 is 9.59 Å². The highest BCUT2D eigenvalue weighted by atomic mass is 16.2. The Labute approximate surface area is 121 Å². The molecule has 2 fully saturated rings. The van der Waals surface area contributed by atoms with Gasteiger partial charge in [-0.05, 0) is 44.1 Å². The summed E-state index contributed by atoms with van der Waals surface area (Å²) < 4.78 is 0. The quantitative estimate of drug-likeness (QED) is 0.619. The maximum absolute atomic E-state index is 12.0. The molecule has 2 aliphatic carbocycles. The lowest BCUT2D eigenvalue weighted by Crippen LogP contribution is -2.46. The first-order valence-electron chi connectivity index (χ1n) is 7.93. The van der Waals surface area contributed by atoms with E-state index in [0.29, 0.717) is 12.5 Å². The average molecular weight is 281 g/mol. The molecule has 2 rings (SSSR count). The van der Waals surface area contributed by atoms with E-state index in [4.69, 9.17) is 5.73 Å². The number of amides is 2. The fourth-order valence-corrected chi connectivity index (χ4v) is 3.06. The summed E-state index contributed by atoms with van der Waals surface area (Å²) in [6.45, 7) is 1.27. The molecule has 5 nitrogen and oxygen atoms in total. The fraction of sp³-hybridized carbons (Fsp3) is 0.867. The lowest BCUT2D eigenvalue weighted by molar-refractivity contribution is -0.122. The molecular weight excluding hydrogens is 254 g/mol. The highest BCUT2D eigenvalue weighted by Gasteiger charge is 2.26. The number of primary amides is 1. The minimum Gasteiger partial charge on any atom is -0.370 e. The number of carbonyl (C=O) groups is 2. The Balaban J connectivity index is 1.75. The highest BCUT2D eigenvalue weighted by Crippen LogP contribution is 2.28. The van der Waals surface area contributed by atoms with Crippen LogP contribution in [0.1, 0.15) is 51.4 Å². The first kappa shape index (κ1) is 15.3. The Bertz CT molecular complexity index is 336. The van der Waals surface area contributed by atoms with Gasteiger partial charge in [0.25, 0.3) is 0 Å². The smallest absolute Gasteiger partial charge is 0.234 e. The van der Waals surface area contributed by atoms with Crippen molar-refractivity contribution in [2.24, 2.45) is 17.6 Å². The lowest BCUT2D eigenvalue weighted by Gasteiger charge is -2.30. The van der Waals surface area contributed by atoms with Crippen LogP contribution in [0.3, 0.4) is 0 Å². The first-order valence-corrected chi connectivity index (χ1v) is 7.93. The highest BCUT2D eigenvalue weighted by molar-refractivity contribution is 5.80. The standard InChI is InChI=1S/C15H27N3O2/c16-14(19)8-13(12-4-2-1-3-5-12)18-15(20)10-17-9-11-6-7-11/h11-13,17H,1-10H2,(H2,16,19)(H,18,20). The van der Waals surface area contributed by atoms with Gasteiger partial charge in [0.2, 0.25) is 11.8 Å². The largest absolute Gasteiger partial charge is 0.370 e. The molecular formula is C15H27N3O2. The summed E-state index contributed by atoms with van der Waals surface area (Å²) in [6.07, 6.45) is 8.64. The van der Waals surface area contributed by atoms with Gasteiger partial charge in [-0.2, -0.15) is 0 Å². The van der Waals surface area contributed by atoms with Gasteiger partial charge in [-0.3, -0.25) is 9.59 Å². The third-order valence-electron chi connectivity index (χ3n) is 4.40. The van der Waals surface area contributed by atoms with Gasteiger partial charge >= 0.3 is 0 Å². The Morgan fingerprint density at radius 2 is 1.80 bits per heavy atom. The topological polar surface area (TPSA) is 84.2 Å². The summed E-state index contributed by atoms with van der Waals surface area (Å²) >= 11 is 0. The van der Waals surface area contributed by atoms with E-state index in [1.54, 1.807) is 0 Å². The third kappa shape index (κ3) is 5.49. The molecule has 0 aromatic rings. The average Bonchev–Trinajstić information content (AvgIpc) is 3.23. The predicted molar refractivity (Wildman–Crippen MR) is 77.9 cm³/mol. The number of nitrogens with one attached hydrogen (secondary N) is 2. The zero-order valence-corrected chi connectivity index (χ0v) is 12.2. The Hall–Kier alpha value is -1.10. The minimum absolute atomic E-state index is 0.0116. The second-order valence-electron chi connectivity index (χ2n) is 6.32. The number of carbonyl (C=O) groups excluding carboxylic acids is 2. The predicted octanol–water partition coefficient (Wildman–Crippen LogP) is 0.926. The molecule has 0 spiro atoms. The summed E-state index contributed by atoms with van der Waals surface area (Å²) in [5.74, 6) is 0.834. The number of hydrogen-bond donors (Lipinski definition) is 3. The first-order chi connectivity index (χ1) is 9.65.